The summed E-state index contributed by atoms with van der Waals surface area (Å²) in [7, 11) is 0. The average molecular weight is 235 g/mol. The van der Waals surface area contributed by atoms with Crippen LogP contribution in [0.3, 0.4) is 0 Å². The Morgan fingerprint density at radius 1 is 1.35 bits per heavy atom. The Hall–Kier alpha value is -2.50. The molecule has 0 aliphatic rings. The summed E-state index contributed by atoms with van der Waals surface area (Å²) >= 11 is 0. The van der Waals surface area contributed by atoms with Gasteiger partial charge >= 0.3 is 11.9 Å². The maximum absolute atomic E-state index is 11.5. The second-order valence-electron chi connectivity index (χ2n) is 3.23. The molecule has 88 valence electrons. The van der Waals surface area contributed by atoms with Crippen molar-refractivity contribution in [2.24, 2.45) is 0 Å². The van der Waals surface area contributed by atoms with Gasteiger partial charge in [0, 0.05) is 11.6 Å². The summed E-state index contributed by atoms with van der Waals surface area (Å²) in [6.45, 7) is 4.67. The molecule has 1 aromatic rings. The van der Waals surface area contributed by atoms with E-state index in [0.717, 1.165) is 6.07 Å². The Kier molecular flexibility index (Phi) is 3.71. The molecule has 0 atom stereocenters. The first-order valence-corrected chi connectivity index (χ1v) is 4.59. The van der Waals surface area contributed by atoms with Gasteiger partial charge in [0.15, 0.2) is 0 Å². The topological polar surface area (TPSA) is 86.5 Å². The highest BCUT2D eigenvalue weighted by molar-refractivity contribution is 6.03. The van der Waals surface area contributed by atoms with E-state index in [-0.39, 0.29) is 11.1 Å². The number of carbonyl (C=O) groups excluding carboxylic acids is 2. The van der Waals surface area contributed by atoms with E-state index in [0.29, 0.717) is 0 Å². The molecule has 6 nitrogen and oxygen atoms in total. The van der Waals surface area contributed by atoms with Gasteiger partial charge in [0.25, 0.3) is 5.69 Å². The van der Waals surface area contributed by atoms with Crippen LogP contribution in [0.15, 0.2) is 36.4 Å². The first-order chi connectivity index (χ1) is 7.93. The van der Waals surface area contributed by atoms with E-state index < -0.39 is 22.5 Å². The average Bonchev–Trinajstić information content (AvgIpc) is 2.28. The predicted octanol–water partition coefficient (Wildman–Crippen LogP) is 1.85. The number of esters is 2. The lowest BCUT2D eigenvalue weighted by Gasteiger charge is -2.02. The standard InChI is InChI=1S/C11H9NO5/c1-7(2)10(13)17-11(14)8-5-3-4-6-9(8)12(15)16/h3-6H,1H2,2H3. The van der Waals surface area contributed by atoms with Crippen molar-refractivity contribution < 1.29 is 19.2 Å². The fourth-order valence-corrected chi connectivity index (χ4v) is 1.03. The number of hydrogen-bond acceptors (Lipinski definition) is 5. The molecule has 0 amide bonds. The number of hydrogen-bond donors (Lipinski definition) is 0. The zero-order valence-corrected chi connectivity index (χ0v) is 9.00. The maximum Gasteiger partial charge on any atom is 0.353 e. The van der Waals surface area contributed by atoms with Gasteiger partial charge in [-0.25, -0.2) is 9.59 Å². The number of nitrogens with zero attached hydrogens (tertiary/aromatic N) is 1. The van der Waals surface area contributed by atoms with E-state index >= 15 is 0 Å². The molecule has 0 unspecified atom stereocenters. The molecule has 1 rings (SSSR count). The third-order valence-corrected chi connectivity index (χ3v) is 1.85. The Morgan fingerprint density at radius 2 is 1.94 bits per heavy atom. The quantitative estimate of drug-likeness (QED) is 0.262. The molecule has 0 saturated heterocycles. The highest BCUT2D eigenvalue weighted by Gasteiger charge is 2.22. The largest absolute Gasteiger partial charge is 0.386 e. The number of para-hydroxylation sites is 1. The zero-order valence-electron chi connectivity index (χ0n) is 9.00. The number of carbonyl (C=O) groups is 2. The molecule has 6 heteroatoms. The van der Waals surface area contributed by atoms with Crippen LogP contribution in [0, 0.1) is 10.1 Å². The summed E-state index contributed by atoms with van der Waals surface area (Å²) in [5, 5.41) is 10.6. The summed E-state index contributed by atoms with van der Waals surface area (Å²) in [6, 6.07) is 5.22. The van der Waals surface area contributed by atoms with E-state index in [1.807, 2.05) is 0 Å². The van der Waals surface area contributed by atoms with Gasteiger partial charge in [0.2, 0.25) is 0 Å². The highest BCUT2D eigenvalue weighted by atomic mass is 16.6. The molecule has 0 radical (unpaired) electrons. The third kappa shape index (κ3) is 2.97. The summed E-state index contributed by atoms with van der Waals surface area (Å²) in [5.41, 5.74) is -0.643. The minimum absolute atomic E-state index is 0.0388. The SMILES string of the molecule is C=C(C)C(=O)OC(=O)c1ccccc1[N+](=O)[O-]. The van der Waals surface area contributed by atoms with Gasteiger partial charge in [0.05, 0.1) is 4.92 Å². The van der Waals surface area contributed by atoms with Crippen molar-refractivity contribution >= 4 is 17.6 Å². The van der Waals surface area contributed by atoms with E-state index in [2.05, 4.69) is 11.3 Å². The first kappa shape index (κ1) is 12.6. The van der Waals surface area contributed by atoms with Crippen LogP contribution in [-0.2, 0) is 9.53 Å². The zero-order chi connectivity index (χ0) is 13.0. The second kappa shape index (κ2) is 5.02. The number of ether oxygens (including phenoxy) is 1. The summed E-state index contributed by atoms with van der Waals surface area (Å²) in [5.74, 6) is -1.97. The van der Waals surface area contributed by atoms with Crippen LogP contribution in [-0.4, -0.2) is 16.9 Å². The highest BCUT2D eigenvalue weighted by Crippen LogP contribution is 2.18. The van der Waals surface area contributed by atoms with Gasteiger partial charge in [-0.1, -0.05) is 18.7 Å². The van der Waals surface area contributed by atoms with Gasteiger partial charge in [0.1, 0.15) is 5.56 Å². The van der Waals surface area contributed by atoms with Gasteiger partial charge in [-0.3, -0.25) is 10.1 Å². The van der Waals surface area contributed by atoms with Crippen molar-refractivity contribution in [3.05, 3.63) is 52.1 Å². The molecule has 0 spiro atoms. The van der Waals surface area contributed by atoms with Gasteiger partial charge in [-0.2, -0.15) is 0 Å². The lowest BCUT2D eigenvalue weighted by molar-refractivity contribution is -0.385. The van der Waals surface area contributed by atoms with Crippen LogP contribution in [0.25, 0.3) is 0 Å². The van der Waals surface area contributed by atoms with Crippen LogP contribution < -0.4 is 0 Å². The molecular weight excluding hydrogens is 226 g/mol. The summed E-state index contributed by atoms with van der Waals surface area (Å²) < 4.78 is 4.41. The van der Waals surface area contributed by atoms with Crippen molar-refractivity contribution in [1.82, 2.24) is 0 Å². The molecule has 17 heavy (non-hydrogen) atoms. The van der Waals surface area contributed by atoms with Crippen LogP contribution in [0.4, 0.5) is 5.69 Å². The fourth-order valence-electron chi connectivity index (χ4n) is 1.03. The summed E-state index contributed by atoms with van der Waals surface area (Å²) in [4.78, 5) is 32.5. The van der Waals surface area contributed by atoms with E-state index in [1.165, 1.54) is 25.1 Å². The van der Waals surface area contributed by atoms with Crippen LogP contribution >= 0.6 is 0 Å². The Morgan fingerprint density at radius 3 is 2.47 bits per heavy atom. The first-order valence-electron chi connectivity index (χ1n) is 4.59. The van der Waals surface area contributed by atoms with Crippen molar-refractivity contribution in [3.63, 3.8) is 0 Å². The molecule has 0 heterocycles. The fraction of sp³-hybridized carbons (Fsp3) is 0.0909. The number of rotatable bonds is 3. The van der Waals surface area contributed by atoms with Gasteiger partial charge in [-0.15, -0.1) is 0 Å². The Bertz CT molecular complexity index is 506. The molecule has 0 aliphatic carbocycles. The molecule has 0 N–H and O–H groups in total. The molecule has 0 fully saturated rings. The number of nitro groups is 1. The third-order valence-electron chi connectivity index (χ3n) is 1.85. The Labute approximate surface area is 96.7 Å². The normalized spacial score (nSPS) is 9.47. The van der Waals surface area contributed by atoms with Crippen LogP contribution in [0.5, 0.6) is 0 Å². The van der Waals surface area contributed by atoms with E-state index in [9.17, 15) is 19.7 Å². The second-order valence-corrected chi connectivity index (χ2v) is 3.23. The minimum Gasteiger partial charge on any atom is -0.386 e. The molecule has 0 saturated carbocycles. The van der Waals surface area contributed by atoms with Gasteiger partial charge < -0.3 is 4.74 Å². The smallest absolute Gasteiger partial charge is 0.353 e. The molecule has 0 aromatic heterocycles. The number of nitro benzene ring substituents is 1. The predicted molar refractivity (Wildman–Crippen MR) is 58.3 cm³/mol. The monoisotopic (exact) mass is 235 g/mol. The van der Waals surface area contributed by atoms with Crippen LogP contribution in [0.2, 0.25) is 0 Å². The van der Waals surface area contributed by atoms with Crippen LogP contribution in [0.1, 0.15) is 17.3 Å². The maximum atomic E-state index is 11.5. The Balaban J connectivity index is 3.01. The van der Waals surface area contributed by atoms with Gasteiger partial charge in [-0.05, 0) is 13.0 Å². The lowest BCUT2D eigenvalue weighted by Crippen LogP contribution is -2.14. The number of benzene rings is 1. The van der Waals surface area contributed by atoms with E-state index in [1.54, 1.807) is 0 Å². The van der Waals surface area contributed by atoms with E-state index in [4.69, 9.17) is 0 Å². The molecular formula is C11H9NO5. The van der Waals surface area contributed by atoms with Crippen molar-refractivity contribution in [1.29, 1.82) is 0 Å². The lowest BCUT2D eigenvalue weighted by atomic mass is 10.2. The van der Waals surface area contributed by atoms with Crippen molar-refractivity contribution in [3.8, 4) is 0 Å². The molecule has 0 bridgehead atoms. The molecule has 1 aromatic carbocycles. The molecule has 0 aliphatic heterocycles. The van der Waals surface area contributed by atoms with Crippen molar-refractivity contribution in [2.45, 2.75) is 6.92 Å². The van der Waals surface area contributed by atoms with Crippen molar-refractivity contribution in [2.75, 3.05) is 0 Å². The minimum atomic E-state index is -1.06. The summed E-state index contributed by atoms with van der Waals surface area (Å²) in [6.07, 6.45) is 0.